The van der Waals surface area contributed by atoms with Crippen LogP contribution < -0.4 is 10.1 Å². The molecule has 3 aromatic rings. The number of halogens is 3. The summed E-state index contributed by atoms with van der Waals surface area (Å²) < 4.78 is 20.4. The van der Waals surface area contributed by atoms with Gasteiger partial charge in [-0.3, -0.25) is 4.79 Å². The van der Waals surface area contributed by atoms with Crippen LogP contribution in [-0.2, 0) is 11.4 Å². The second-order valence-electron chi connectivity index (χ2n) is 7.01. The third-order valence-electron chi connectivity index (χ3n) is 4.62. The Morgan fingerprint density at radius 1 is 1.12 bits per heavy atom. The van der Waals surface area contributed by atoms with Crippen LogP contribution in [-0.4, -0.2) is 5.91 Å². The van der Waals surface area contributed by atoms with E-state index in [1.165, 1.54) is 18.2 Å². The zero-order valence-electron chi connectivity index (χ0n) is 17.1. The van der Waals surface area contributed by atoms with Gasteiger partial charge in [0.15, 0.2) is 0 Å². The highest BCUT2D eigenvalue weighted by Crippen LogP contribution is 2.36. The fraction of sp³-hybridized carbons (Fsp3) is 0.120. The maximum Gasteiger partial charge on any atom is 0.262 e. The first kappa shape index (κ1) is 23.7. The summed E-state index contributed by atoms with van der Waals surface area (Å²) >= 11 is 6.93. The minimum atomic E-state index is -0.456. The topological polar surface area (TPSA) is 62.1 Å². The van der Waals surface area contributed by atoms with Gasteiger partial charge in [0.05, 0.1) is 15.0 Å². The van der Waals surface area contributed by atoms with E-state index in [0.29, 0.717) is 25.8 Å². The summed E-state index contributed by atoms with van der Waals surface area (Å²) in [6, 6.07) is 20.9. The normalized spacial score (nSPS) is 12.0. The van der Waals surface area contributed by atoms with E-state index in [4.69, 9.17) is 4.74 Å². The summed E-state index contributed by atoms with van der Waals surface area (Å²) in [6.07, 6.45) is 1.51. The molecule has 32 heavy (non-hydrogen) atoms. The number of benzene rings is 3. The molecule has 0 spiro atoms. The van der Waals surface area contributed by atoms with Gasteiger partial charge in [0, 0.05) is 0 Å². The van der Waals surface area contributed by atoms with E-state index in [2.05, 4.69) is 37.2 Å². The minimum Gasteiger partial charge on any atom is -0.487 e. The molecule has 0 radical (unpaired) electrons. The van der Waals surface area contributed by atoms with E-state index < -0.39 is 5.91 Å². The third-order valence-corrected chi connectivity index (χ3v) is 5.79. The van der Waals surface area contributed by atoms with Crippen LogP contribution in [0.1, 0.15) is 29.7 Å². The van der Waals surface area contributed by atoms with Gasteiger partial charge in [-0.05, 0) is 85.8 Å². The average molecular weight is 558 g/mol. The number of amides is 1. The first-order valence-corrected chi connectivity index (χ1v) is 11.3. The molecule has 0 aliphatic rings. The van der Waals surface area contributed by atoms with Crippen molar-refractivity contribution in [3.63, 3.8) is 0 Å². The van der Waals surface area contributed by atoms with Crippen molar-refractivity contribution < 1.29 is 13.9 Å². The molecule has 0 aliphatic carbocycles. The van der Waals surface area contributed by atoms with Crippen molar-refractivity contribution in [1.29, 1.82) is 5.26 Å². The number of ether oxygens (including phenoxy) is 1. The van der Waals surface area contributed by atoms with Crippen LogP contribution in [0.4, 0.5) is 4.39 Å². The first-order chi connectivity index (χ1) is 15.4. The Labute approximate surface area is 203 Å². The number of rotatable bonds is 7. The van der Waals surface area contributed by atoms with Crippen molar-refractivity contribution in [3.8, 4) is 11.8 Å². The van der Waals surface area contributed by atoms with E-state index in [1.807, 2.05) is 43.3 Å². The Hall–Kier alpha value is -2.95. The third kappa shape index (κ3) is 6.28. The van der Waals surface area contributed by atoms with Crippen molar-refractivity contribution in [2.45, 2.75) is 19.6 Å². The van der Waals surface area contributed by atoms with Crippen LogP contribution in [0.3, 0.4) is 0 Å². The quantitative estimate of drug-likeness (QED) is 0.259. The van der Waals surface area contributed by atoms with Crippen LogP contribution in [0.5, 0.6) is 5.75 Å². The fourth-order valence-corrected chi connectivity index (χ4v) is 4.45. The molecule has 0 saturated heterocycles. The van der Waals surface area contributed by atoms with Gasteiger partial charge in [0.2, 0.25) is 0 Å². The number of carbonyl (C=O) groups is 1. The maximum absolute atomic E-state index is 13.4. The lowest BCUT2D eigenvalue weighted by Crippen LogP contribution is -2.27. The van der Waals surface area contributed by atoms with Crippen molar-refractivity contribution in [3.05, 3.63) is 104 Å². The molecule has 0 aromatic heterocycles. The van der Waals surface area contributed by atoms with Gasteiger partial charge in [-0.25, -0.2) is 4.39 Å². The van der Waals surface area contributed by atoms with Crippen molar-refractivity contribution in [1.82, 2.24) is 5.32 Å². The van der Waals surface area contributed by atoms with Crippen molar-refractivity contribution >= 4 is 43.8 Å². The molecular weight excluding hydrogens is 539 g/mol. The fourth-order valence-electron chi connectivity index (χ4n) is 3.00. The molecule has 3 rings (SSSR count). The van der Waals surface area contributed by atoms with Crippen molar-refractivity contribution in [2.24, 2.45) is 0 Å². The Bertz CT molecular complexity index is 1170. The Morgan fingerprint density at radius 2 is 1.81 bits per heavy atom. The highest BCUT2D eigenvalue weighted by atomic mass is 79.9. The van der Waals surface area contributed by atoms with E-state index in [1.54, 1.807) is 24.3 Å². The number of nitrogens with zero attached hydrogens (tertiary/aromatic N) is 1. The Morgan fingerprint density at radius 3 is 2.44 bits per heavy atom. The summed E-state index contributed by atoms with van der Waals surface area (Å²) in [4.78, 5) is 12.6. The average Bonchev–Trinajstić information content (AvgIpc) is 2.77. The lowest BCUT2D eigenvalue weighted by Gasteiger charge is -2.14. The number of carbonyl (C=O) groups excluding carboxylic acids is 1. The van der Waals surface area contributed by atoms with Crippen LogP contribution in [0.2, 0.25) is 0 Å². The summed E-state index contributed by atoms with van der Waals surface area (Å²) in [7, 11) is 0. The van der Waals surface area contributed by atoms with Crippen LogP contribution in [0.25, 0.3) is 6.08 Å². The van der Waals surface area contributed by atoms with Crippen molar-refractivity contribution in [2.75, 3.05) is 0 Å². The lowest BCUT2D eigenvalue weighted by atomic mass is 10.1. The largest absolute Gasteiger partial charge is 0.487 e. The molecule has 1 atom stereocenters. The predicted molar refractivity (Wildman–Crippen MR) is 129 cm³/mol. The summed E-state index contributed by atoms with van der Waals surface area (Å²) in [5.74, 6) is -0.247. The molecule has 4 nitrogen and oxygen atoms in total. The van der Waals surface area contributed by atoms with Gasteiger partial charge in [-0.1, -0.05) is 42.5 Å². The molecule has 0 fully saturated rings. The number of hydrogen-bond acceptors (Lipinski definition) is 3. The molecule has 0 unspecified atom stereocenters. The van der Waals surface area contributed by atoms with Gasteiger partial charge < -0.3 is 10.1 Å². The summed E-state index contributed by atoms with van der Waals surface area (Å²) in [6.45, 7) is 2.05. The van der Waals surface area contributed by atoms with Gasteiger partial charge in [0.1, 0.15) is 29.8 Å². The summed E-state index contributed by atoms with van der Waals surface area (Å²) in [5.41, 5.74) is 2.27. The molecule has 3 aromatic carbocycles. The Balaban J connectivity index is 1.74. The molecule has 1 N–H and O–H groups in total. The van der Waals surface area contributed by atoms with Gasteiger partial charge in [-0.15, -0.1) is 0 Å². The van der Waals surface area contributed by atoms with Gasteiger partial charge in [0.25, 0.3) is 5.91 Å². The van der Waals surface area contributed by atoms with E-state index >= 15 is 0 Å². The van der Waals surface area contributed by atoms with E-state index in [0.717, 1.165) is 5.56 Å². The number of nitriles is 1. The molecule has 0 saturated carbocycles. The molecular formula is C25H19Br2FN2O2. The lowest BCUT2D eigenvalue weighted by molar-refractivity contribution is -0.117. The monoisotopic (exact) mass is 556 g/mol. The molecule has 0 bridgehead atoms. The first-order valence-electron chi connectivity index (χ1n) is 9.71. The van der Waals surface area contributed by atoms with Gasteiger partial charge >= 0.3 is 0 Å². The molecule has 0 aliphatic heterocycles. The standard InChI is InChI=1S/C25H19Br2FN2O2/c1-16(19-7-3-2-4-8-19)30-25(31)20(14-29)10-18-12-22(26)24(23(27)13-18)32-15-17-6-5-9-21(28)11-17/h2-13,16H,15H2,1H3,(H,30,31)/b20-10-/t16-/m1/s1. The van der Waals surface area contributed by atoms with E-state index in [9.17, 15) is 14.4 Å². The van der Waals surface area contributed by atoms with E-state index in [-0.39, 0.29) is 24.0 Å². The van der Waals surface area contributed by atoms with Crippen LogP contribution in [0, 0.1) is 17.1 Å². The SMILES string of the molecule is C[C@@H](NC(=O)/C(C#N)=C\c1cc(Br)c(OCc2cccc(F)c2)c(Br)c1)c1ccccc1. The minimum absolute atomic E-state index is 0.0139. The zero-order valence-corrected chi connectivity index (χ0v) is 20.3. The Kier molecular flexibility index (Phi) is 8.20. The smallest absolute Gasteiger partial charge is 0.262 e. The summed E-state index contributed by atoms with van der Waals surface area (Å²) in [5, 5.41) is 12.4. The predicted octanol–water partition coefficient (Wildman–Crippen LogP) is 6.71. The highest BCUT2D eigenvalue weighted by molar-refractivity contribution is 9.11. The van der Waals surface area contributed by atoms with Crippen LogP contribution in [0.15, 0.2) is 81.2 Å². The second-order valence-corrected chi connectivity index (χ2v) is 8.72. The molecule has 0 heterocycles. The maximum atomic E-state index is 13.4. The molecule has 1 amide bonds. The van der Waals surface area contributed by atoms with Crippen LogP contribution >= 0.6 is 31.9 Å². The zero-order chi connectivity index (χ0) is 23.1. The number of nitrogens with one attached hydrogen (secondary N) is 1. The molecule has 162 valence electrons. The highest BCUT2D eigenvalue weighted by Gasteiger charge is 2.15. The molecule has 7 heteroatoms. The number of hydrogen-bond donors (Lipinski definition) is 1. The second kappa shape index (κ2) is 11.1. The van der Waals surface area contributed by atoms with Gasteiger partial charge in [-0.2, -0.15) is 5.26 Å².